The van der Waals surface area contributed by atoms with Crippen molar-refractivity contribution >= 4 is 12.1 Å². The van der Waals surface area contributed by atoms with Crippen LogP contribution in [-0.4, -0.2) is 53.5 Å². The molecule has 1 N–H and O–H groups in total. The predicted octanol–water partition coefficient (Wildman–Crippen LogP) is 4.08. The highest BCUT2D eigenvalue weighted by atomic mass is 16.6. The average Bonchev–Trinajstić information content (AvgIpc) is 2.72. The van der Waals surface area contributed by atoms with Crippen LogP contribution in [0.15, 0.2) is 60.7 Å². The zero-order valence-corrected chi connectivity index (χ0v) is 17.7. The SMILES string of the molecule is CC(C)(C)OC(=O)N1CCOCC1CC(C(=O)O)(c1ccccc1)c1ccccc1. The van der Waals surface area contributed by atoms with E-state index in [0.29, 0.717) is 24.3 Å². The van der Waals surface area contributed by atoms with Gasteiger partial charge in [0.15, 0.2) is 0 Å². The normalized spacial score (nSPS) is 17.4. The zero-order valence-electron chi connectivity index (χ0n) is 17.7. The molecule has 1 unspecified atom stereocenters. The van der Waals surface area contributed by atoms with Gasteiger partial charge in [-0.15, -0.1) is 0 Å². The van der Waals surface area contributed by atoms with Gasteiger partial charge in [0, 0.05) is 6.54 Å². The second-order valence-corrected chi connectivity index (χ2v) is 8.55. The number of hydrogen-bond acceptors (Lipinski definition) is 4. The van der Waals surface area contributed by atoms with Crippen molar-refractivity contribution in [3.05, 3.63) is 71.8 Å². The summed E-state index contributed by atoms with van der Waals surface area (Å²) in [7, 11) is 0. The highest BCUT2D eigenvalue weighted by Crippen LogP contribution is 2.39. The molecule has 1 atom stereocenters. The molecule has 1 amide bonds. The molecule has 1 aliphatic rings. The molecule has 1 saturated heterocycles. The van der Waals surface area contributed by atoms with Gasteiger partial charge in [-0.2, -0.15) is 0 Å². The summed E-state index contributed by atoms with van der Waals surface area (Å²) in [5, 5.41) is 10.5. The molecule has 30 heavy (non-hydrogen) atoms. The molecule has 1 aliphatic heterocycles. The Kier molecular flexibility index (Phi) is 6.46. The van der Waals surface area contributed by atoms with Crippen molar-refractivity contribution in [2.75, 3.05) is 19.8 Å². The van der Waals surface area contributed by atoms with Crippen molar-refractivity contribution in [1.82, 2.24) is 4.90 Å². The summed E-state index contributed by atoms with van der Waals surface area (Å²) >= 11 is 0. The van der Waals surface area contributed by atoms with E-state index in [1.165, 1.54) is 0 Å². The van der Waals surface area contributed by atoms with Crippen molar-refractivity contribution in [2.45, 2.75) is 44.2 Å². The molecular formula is C24H29NO5. The number of rotatable bonds is 5. The molecule has 0 radical (unpaired) electrons. The first-order chi connectivity index (χ1) is 14.2. The third-order valence-corrected chi connectivity index (χ3v) is 5.30. The van der Waals surface area contributed by atoms with E-state index < -0.39 is 29.1 Å². The second kappa shape index (κ2) is 8.88. The Morgan fingerprint density at radius 2 is 1.57 bits per heavy atom. The van der Waals surface area contributed by atoms with E-state index in [-0.39, 0.29) is 13.0 Å². The molecule has 2 aromatic rings. The Morgan fingerprint density at radius 1 is 1.03 bits per heavy atom. The van der Waals surface area contributed by atoms with Gasteiger partial charge in [-0.3, -0.25) is 4.79 Å². The van der Waals surface area contributed by atoms with Crippen LogP contribution in [0.1, 0.15) is 38.3 Å². The van der Waals surface area contributed by atoms with Crippen LogP contribution in [-0.2, 0) is 19.7 Å². The van der Waals surface area contributed by atoms with Crippen LogP contribution in [0.2, 0.25) is 0 Å². The Balaban J connectivity index is 2.04. The van der Waals surface area contributed by atoms with Gasteiger partial charge in [-0.1, -0.05) is 60.7 Å². The molecular weight excluding hydrogens is 382 g/mol. The largest absolute Gasteiger partial charge is 0.480 e. The maximum atomic E-state index is 12.9. The molecule has 160 valence electrons. The number of amides is 1. The van der Waals surface area contributed by atoms with E-state index in [1.807, 2.05) is 81.4 Å². The first-order valence-corrected chi connectivity index (χ1v) is 10.2. The highest BCUT2D eigenvalue weighted by Gasteiger charge is 2.46. The minimum Gasteiger partial charge on any atom is -0.480 e. The van der Waals surface area contributed by atoms with Gasteiger partial charge < -0.3 is 19.5 Å². The summed E-state index contributed by atoms with van der Waals surface area (Å²) in [5.41, 5.74) is -0.631. The predicted molar refractivity (Wildman–Crippen MR) is 113 cm³/mol. The molecule has 6 nitrogen and oxygen atoms in total. The summed E-state index contributed by atoms with van der Waals surface area (Å²) in [6.07, 6.45) is -0.272. The van der Waals surface area contributed by atoms with Crippen molar-refractivity contribution in [2.24, 2.45) is 0 Å². The number of aliphatic carboxylic acids is 1. The molecule has 0 spiro atoms. The molecule has 0 aromatic heterocycles. The summed E-state index contributed by atoms with van der Waals surface area (Å²) < 4.78 is 11.2. The summed E-state index contributed by atoms with van der Waals surface area (Å²) in [5.74, 6) is -0.963. The quantitative estimate of drug-likeness (QED) is 0.802. The van der Waals surface area contributed by atoms with Crippen LogP contribution in [0.25, 0.3) is 0 Å². The monoisotopic (exact) mass is 411 g/mol. The lowest BCUT2D eigenvalue weighted by Crippen LogP contribution is -2.54. The van der Waals surface area contributed by atoms with E-state index in [0.717, 1.165) is 0 Å². The Hall–Kier alpha value is -2.86. The summed E-state index contributed by atoms with van der Waals surface area (Å²) in [4.78, 5) is 27.3. The van der Waals surface area contributed by atoms with Crippen molar-refractivity contribution < 1.29 is 24.2 Å². The van der Waals surface area contributed by atoms with E-state index in [4.69, 9.17) is 9.47 Å². The lowest BCUT2D eigenvalue weighted by atomic mass is 9.70. The van der Waals surface area contributed by atoms with Crippen LogP contribution in [0, 0.1) is 0 Å². The molecule has 3 rings (SSSR count). The third-order valence-electron chi connectivity index (χ3n) is 5.30. The molecule has 0 aliphatic carbocycles. The maximum absolute atomic E-state index is 12.9. The molecule has 2 aromatic carbocycles. The van der Waals surface area contributed by atoms with E-state index in [2.05, 4.69) is 0 Å². The van der Waals surface area contributed by atoms with Gasteiger partial charge in [-0.05, 0) is 38.3 Å². The van der Waals surface area contributed by atoms with Crippen molar-refractivity contribution in [3.8, 4) is 0 Å². The fourth-order valence-corrected chi connectivity index (χ4v) is 3.92. The van der Waals surface area contributed by atoms with Crippen LogP contribution in [0.5, 0.6) is 0 Å². The minimum absolute atomic E-state index is 0.176. The van der Waals surface area contributed by atoms with Gasteiger partial charge in [-0.25, -0.2) is 4.79 Å². The van der Waals surface area contributed by atoms with Crippen LogP contribution in [0.4, 0.5) is 4.79 Å². The summed E-state index contributed by atoms with van der Waals surface area (Å²) in [6.45, 7) is 6.46. The fourth-order valence-electron chi connectivity index (χ4n) is 3.92. The third kappa shape index (κ3) is 4.65. The minimum atomic E-state index is -1.33. The molecule has 1 fully saturated rings. The number of carboxylic acids is 1. The number of carboxylic acid groups (broad SMARTS) is 1. The van der Waals surface area contributed by atoms with Gasteiger partial charge >= 0.3 is 12.1 Å². The lowest BCUT2D eigenvalue weighted by molar-refractivity contribution is -0.143. The van der Waals surface area contributed by atoms with Crippen molar-refractivity contribution in [1.29, 1.82) is 0 Å². The molecule has 0 saturated carbocycles. The topological polar surface area (TPSA) is 76.1 Å². The first-order valence-electron chi connectivity index (χ1n) is 10.2. The number of nitrogens with zero attached hydrogens (tertiary/aromatic N) is 1. The molecule has 1 heterocycles. The van der Waals surface area contributed by atoms with Gasteiger partial charge in [0.1, 0.15) is 11.0 Å². The van der Waals surface area contributed by atoms with E-state index in [9.17, 15) is 14.7 Å². The summed E-state index contributed by atoms with van der Waals surface area (Å²) in [6, 6.07) is 17.9. The van der Waals surface area contributed by atoms with Gasteiger partial charge in [0.2, 0.25) is 0 Å². The van der Waals surface area contributed by atoms with Crippen LogP contribution >= 0.6 is 0 Å². The van der Waals surface area contributed by atoms with Crippen LogP contribution in [0.3, 0.4) is 0 Å². The molecule has 6 heteroatoms. The van der Waals surface area contributed by atoms with E-state index in [1.54, 1.807) is 4.90 Å². The number of ether oxygens (including phenoxy) is 2. The lowest BCUT2D eigenvalue weighted by Gasteiger charge is -2.41. The number of benzene rings is 2. The average molecular weight is 411 g/mol. The maximum Gasteiger partial charge on any atom is 0.410 e. The Morgan fingerprint density at radius 3 is 2.03 bits per heavy atom. The Bertz CT molecular complexity index is 821. The fraction of sp³-hybridized carbons (Fsp3) is 0.417. The number of carbonyl (C=O) groups is 2. The smallest absolute Gasteiger partial charge is 0.410 e. The standard InChI is InChI=1S/C24H29NO5/c1-23(2,3)30-22(28)25-14-15-29-17-20(25)16-24(21(26)27,18-10-6-4-7-11-18)19-12-8-5-9-13-19/h4-13,20H,14-17H2,1-3H3,(H,26,27). The zero-order chi connectivity index (χ0) is 21.8. The number of morpholine rings is 1. The first kappa shape index (κ1) is 21.8. The highest BCUT2D eigenvalue weighted by molar-refractivity contribution is 5.86. The number of hydrogen-bond donors (Lipinski definition) is 1. The van der Waals surface area contributed by atoms with Gasteiger partial charge in [0.05, 0.1) is 19.3 Å². The molecule has 0 bridgehead atoms. The second-order valence-electron chi connectivity index (χ2n) is 8.55. The van der Waals surface area contributed by atoms with Crippen LogP contribution < -0.4 is 0 Å². The number of carbonyl (C=O) groups excluding carboxylic acids is 1. The van der Waals surface area contributed by atoms with Crippen molar-refractivity contribution in [3.63, 3.8) is 0 Å². The van der Waals surface area contributed by atoms with Gasteiger partial charge in [0.25, 0.3) is 0 Å². The Labute approximate surface area is 177 Å². The van der Waals surface area contributed by atoms with E-state index >= 15 is 0 Å².